The molecular weight excluding hydrogens is 272 g/mol. The molecule has 1 saturated carbocycles. The summed E-state index contributed by atoms with van der Waals surface area (Å²) < 4.78 is 50.9. The van der Waals surface area contributed by atoms with Crippen LogP contribution in [-0.4, -0.2) is 14.7 Å². The molecule has 0 bridgehead atoms. The lowest BCUT2D eigenvalue weighted by atomic mass is 9.77. The lowest BCUT2D eigenvalue weighted by molar-refractivity contribution is 0.290. The second-order valence-corrected chi connectivity index (χ2v) is 7.18. The Morgan fingerprint density at radius 3 is 2.26 bits per heavy atom. The van der Waals surface area contributed by atoms with Crippen molar-refractivity contribution in [3.05, 3.63) is 29.3 Å². The molecule has 0 amide bonds. The van der Waals surface area contributed by atoms with Gasteiger partial charge in [0.25, 0.3) is 0 Å². The molecule has 1 aromatic rings. The van der Waals surface area contributed by atoms with Crippen LogP contribution in [0.15, 0.2) is 17.0 Å². The first kappa shape index (κ1) is 14.4. The van der Waals surface area contributed by atoms with Crippen LogP contribution < -0.4 is 5.73 Å². The van der Waals surface area contributed by atoms with Crippen LogP contribution in [-0.2, 0) is 15.4 Å². The maximum Gasteiger partial charge on any atom is 0.181 e. The predicted molar refractivity (Wildman–Crippen MR) is 68.4 cm³/mol. The average Bonchev–Trinajstić information content (AvgIpc) is 2.27. The van der Waals surface area contributed by atoms with Gasteiger partial charge in [0.15, 0.2) is 9.84 Å². The standard InChI is InChI=1S/C13H17F2NO2S/c1-19(17,18)12-10(14)6-5-9(11(12)15)13(16)7-3-2-4-8-13/h5-6H,2-4,7-8,16H2,1H3. The van der Waals surface area contributed by atoms with E-state index in [-0.39, 0.29) is 5.56 Å². The summed E-state index contributed by atoms with van der Waals surface area (Å²) in [4.78, 5) is -0.875. The molecule has 2 N–H and O–H groups in total. The van der Waals surface area contributed by atoms with Gasteiger partial charge in [0.05, 0.1) is 0 Å². The van der Waals surface area contributed by atoms with Gasteiger partial charge in [-0.15, -0.1) is 0 Å². The van der Waals surface area contributed by atoms with Gasteiger partial charge in [0, 0.05) is 17.4 Å². The highest BCUT2D eigenvalue weighted by molar-refractivity contribution is 7.90. The monoisotopic (exact) mass is 289 g/mol. The van der Waals surface area contributed by atoms with Crippen molar-refractivity contribution >= 4 is 9.84 Å². The van der Waals surface area contributed by atoms with E-state index in [1.807, 2.05) is 0 Å². The molecule has 0 heterocycles. The number of hydrogen-bond acceptors (Lipinski definition) is 3. The molecule has 0 saturated heterocycles. The molecule has 1 aromatic carbocycles. The molecule has 0 radical (unpaired) electrons. The molecule has 0 atom stereocenters. The van der Waals surface area contributed by atoms with E-state index in [0.29, 0.717) is 12.8 Å². The van der Waals surface area contributed by atoms with E-state index < -0.39 is 31.9 Å². The molecule has 106 valence electrons. The second-order valence-electron chi connectivity index (χ2n) is 5.23. The zero-order chi connectivity index (χ0) is 14.3. The van der Waals surface area contributed by atoms with Gasteiger partial charge in [-0.05, 0) is 18.9 Å². The highest BCUT2D eigenvalue weighted by Crippen LogP contribution is 2.37. The van der Waals surface area contributed by atoms with Crippen molar-refractivity contribution in [1.82, 2.24) is 0 Å². The van der Waals surface area contributed by atoms with Crippen LogP contribution in [0.3, 0.4) is 0 Å². The maximum atomic E-state index is 14.4. The topological polar surface area (TPSA) is 60.2 Å². The summed E-state index contributed by atoms with van der Waals surface area (Å²) in [6.45, 7) is 0. The second kappa shape index (κ2) is 4.83. The molecule has 1 aliphatic rings. The third-order valence-corrected chi connectivity index (χ3v) is 4.82. The minimum atomic E-state index is -3.96. The third kappa shape index (κ3) is 2.65. The van der Waals surface area contributed by atoms with Crippen LogP contribution in [0.4, 0.5) is 8.78 Å². The van der Waals surface area contributed by atoms with Crippen molar-refractivity contribution < 1.29 is 17.2 Å². The summed E-state index contributed by atoms with van der Waals surface area (Å²) in [6.07, 6.45) is 4.71. The average molecular weight is 289 g/mol. The van der Waals surface area contributed by atoms with E-state index in [1.54, 1.807) is 0 Å². The maximum absolute atomic E-state index is 14.4. The molecule has 3 nitrogen and oxygen atoms in total. The minimum Gasteiger partial charge on any atom is -0.321 e. The summed E-state index contributed by atoms with van der Waals surface area (Å²) >= 11 is 0. The fourth-order valence-electron chi connectivity index (χ4n) is 2.71. The lowest BCUT2D eigenvalue weighted by Gasteiger charge is -2.34. The Morgan fingerprint density at radius 2 is 1.74 bits per heavy atom. The molecule has 2 rings (SSSR count). The molecule has 1 aliphatic carbocycles. The van der Waals surface area contributed by atoms with E-state index in [4.69, 9.17) is 5.73 Å². The van der Waals surface area contributed by atoms with Crippen LogP contribution in [0.1, 0.15) is 37.7 Å². The molecular formula is C13H17F2NO2S. The summed E-state index contributed by atoms with van der Waals surface area (Å²) in [5.41, 5.74) is 5.40. The fourth-order valence-corrected chi connectivity index (χ4v) is 3.57. The zero-order valence-electron chi connectivity index (χ0n) is 10.7. The van der Waals surface area contributed by atoms with Gasteiger partial charge in [-0.1, -0.05) is 25.3 Å². The first-order valence-electron chi connectivity index (χ1n) is 6.23. The predicted octanol–water partition coefficient (Wildman–Crippen LogP) is 2.49. The fraction of sp³-hybridized carbons (Fsp3) is 0.538. The number of sulfone groups is 1. The highest BCUT2D eigenvalue weighted by Gasteiger charge is 2.35. The first-order valence-corrected chi connectivity index (χ1v) is 8.12. The Balaban J connectivity index is 2.60. The molecule has 0 aliphatic heterocycles. The van der Waals surface area contributed by atoms with Crippen molar-refractivity contribution in [2.75, 3.05) is 6.26 Å². The molecule has 1 fully saturated rings. The summed E-state index contributed by atoms with van der Waals surface area (Å²) in [7, 11) is -3.96. The van der Waals surface area contributed by atoms with Gasteiger partial charge in [-0.25, -0.2) is 17.2 Å². The zero-order valence-corrected chi connectivity index (χ0v) is 11.6. The van der Waals surface area contributed by atoms with Crippen molar-refractivity contribution in [3.63, 3.8) is 0 Å². The van der Waals surface area contributed by atoms with E-state index in [9.17, 15) is 17.2 Å². The van der Waals surface area contributed by atoms with Crippen LogP contribution in [0.25, 0.3) is 0 Å². The van der Waals surface area contributed by atoms with Crippen LogP contribution >= 0.6 is 0 Å². The number of nitrogens with two attached hydrogens (primary N) is 1. The number of hydrogen-bond donors (Lipinski definition) is 1. The molecule has 6 heteroatoms. The van der Waals surface area contributed by atoms with Gasteiger partial charge in [-0.2, -0.15) is 0 Å². The Kier molecular flexibility index (Phi) is 3.66. The van der Waals surface area contributed by atoms with E-state index in [1.165, 1.54) is 6.07 Å². The van der Waals surface area contributed by atoms with Crippen LogP contribution in [0, 0.1) is 11.6 Å². The molecule has 0 spiro atoms. The third-order valence-electron chi connectivity index (χ3n) is 3.70. The SMILES string of the molecule is CS(=O)(=O)c1c(F)ccc(C2(N)CCCCC2)c1F. The normalized spacial score (nSPS) is 19.4. The number of rotatable bonds is 2. The Bertz CT molecular complexity index is 593. The van der Waals surface area contributed by atoms with Gasteiger partial charge >= 0.3 is 0 Å². The Hall–Kier alpha value is -1.01. The summed E-state index contributed by atoms with van der Waals surface area (Å²) in [5.74, 6) is -2.10. The lowest BCUT2D eigenvalue weighted by Crippen LogP contribution is -2.39. The summed E-state index contributed by atoms with van der Waals surface area (Å²) in [5, 5.41) is 0. The largest absolute Gasteiger partial charge is 0.321 e. The van der Waals surface area contributed by atoms with Crippen molar-refractivity contribution in [1.29, 1.82) is 0 Å². The van der Waals surface area contributed by atoms with Gasteiger partial charge in [0.1, 0.15) is 16.5 Å². The van der Waals surface area contributed by atoms with Crippen LogP contribution in [0.2, 0.25) is 0 Å². The van der Waals surface area contributed by atoms with E-state index in [2.05, 4.69) is 0 Å². The van der Waals surface area contributed by atoms with E-state index in [0.717, 1.165) is 31.6 Å². The van der Waals surface area contributed by atoms with Gasteiger partial charge < -0.3 is 5.73 Å². The van der Waals surface area contributed by atoms with Crippen molar-refractivity contribution in [2.45, 2.75) is 42.5 Å². The van der Waals surface area contributed by atoms with Crippen molar-refractivity contribution in [2.24, 2.45) is 5.73 Å². The molecule has 0 aromatic heterocycles. The smallest absolute Gasteiger partial charge is 0.181 e. The minimum absolute atomic E-state index is 0.106. The number of halogens is 2. The van der Waals surface area contributed by atoms with Gasteiger partial charge in [-0.3, -0.25) is 0 Å². The van der Waals surface area contributed by atoms with Crippen molar-refractivity contribution in [3.8, 4) is 0 Å². The Morgan fingerprint density at radius 1 is 1.16 bits per heavy atom. The first-order chi connectivity index (χ1) is 8.76. The number of benzene rings is 1. The molecule has 0 unspecified atom stereocenters. The molecule has 19 heavy (non-hydrogen) atoms. The van der Waals surface area contributed by atoms with Crippen LogP contribution in [0.5, 0.6) is 0 Å². The quantitative estimate of drug-likeness (QED) is 0.910. The Labute approximate surface area is 111 Å². The van der Waals surface area contributed by atoms with E-state index >= 15 is 0 Å². The van der Waals surface area contributed by atoms with Gasteiger partial charge in [0.2, 0.25) is 0 Å². The summed E-state index contributed by atoms with van der Waals surface area (Å²) in [6, 6.07) is 2.25. The highest BCUT2D eigenvalue weighted by atomic mass is 32.2.